The molecule has 0 spiro atoms. The summed E-state index contributed by atoms with van der Waals surface area (Å²) in [6.07, 6.45) is 0. The Bertz CT molecular complexity index is 1480. The first-order valence-corrected chi connectivity index (χ1v) is 13.2. The van der Waals surface area contributed by atoms with Crippen molar-refractivity contribution in [3.63, 3.8) is 0 Å². The number of hydrogen-bond acceptors (Lipinski definition) is 4. The number of carbonyl (C=O) groups excluding carboxylic acids is 1. The highest BCUT2D eigenvalue weighted by Crippen LogP contribution is 2.47. The second-order valence-electron chi connectivity index (χ2n) is 9.81. The average Bonchev–Trinajstić information content (AvgIpc) is 2.97. The topological polar surface area (TPSA) is 56.6 Å². The molecule has 1 heterocycles. The molecule has 38 heavy (non-hydrogen) atoms. The number of ether oxygens (including phenoxy) is 1. The van der Waals surface area contributed by atoms with Gasteiger partial charge in [-0.2, -0.15) is 5.26 Å². The summed E-state index contributed by atoms with van der Waals surface area (Å²) >= 11 is 6.06. The lowest BCUT2D eigenvalue weighted by atomic mass is 9.68. The number of halogens is 1. The average molecular weight is 524 g/mol. The van der Waals surface area contributed by atoms with E-state index >= 15 is 0 Å². The van der Waals surface area contributed by atoms with Crippen molar-refractivity contribution in [1.29, 1.82) is 5.26 Å². The molecule has 192 valence electrons. The van der Waals surface area contributed by atoms with E-state index in [1.54, 1.807) is 14.0 Å². The normalized spacial score (nSPS) is 15.9. The van der Waals surface area contributed by atoms with Gasteiger partial charge in [0.1, 0.15) is 11.2 Å². The molecule has 4 aromatic carbocycles. The van der Waals surface area contributed by atoms with Crippen LogP contribution in [0, 0.1) is 16.7 Å². The van der Waals surface area contributed by atoms with Crippen LogP contribution in [0.3, 0.4) is 0 Å². The van der Waals surface area contributed by atoms with Crippen molar-refractivity contribution >= 4 is 34.0 Å². The summed E-state index contributed by atoms with van der Waals surface area (Å²) in [4.78, 5) is 18.4. The van der Waals surface area contributed by atoms with Crippen LogP contribution in [0.15, 0.2) is 91.0 Å². The zero-order chi connectivity index (χ0) is 26.7. The first-order chi connectivity index (χ1) is 18.5. The lowest BCUT2D eigenvalue weighted by Gasteiger charge is -2.41. The Morgan fingerprint density at radius 1 is 0.895 bits per heavy atom. The molecule has 1 amide bonds. The predicted molar refractivity (Wildman–Crippen MR) is 153 cm³/mol. The zero-order valence-electron chi connectivity index (χ0n) is 21.6. The number of carbonyl (C=O) groups is 1. The number of nitrogens with zero attached hydrogens (tertiary/aromatic N) is 3. The molecule has 0 aromatic heterocycles. The number of benzene rings is 4. The lowest BCUT2D eigenvalue weighted by molar-refractivity contribution is -0.139. The summed E-state index contributed by atoms with van der Waals surface area (Å²) in [5.41, 5.74) is 1.47. The van der Waals surface area contributed by atoms with Gasteiger partial charge in [0.15, 0.2) is 0 Å². The van der Waals surface area contributed by atoms with E-state index in [0.717, 1.165) is 27.6 Å². The van der Waals surface area contributed by atoms with E-state index in [1.807, 2.05) is 77.7 Å². The molecule has 0 aliphatic carbocycles. The van der Waals surface area contributed by atoms with Crippen LogP contribution in [0.1, 0.15) is 24.0 Å². The van der Waals surface area contributed by atoms with Gasteiger partial charge in [-0.05, 0) is 53.6 Å². The second-order valence-corrected chi connectivity index (χ2v) is 10.2. The predicted octanol–water partition coefficient (Wildman–Crippen LogP) is 6.51. The van der Waals surface area contributed by atoms with Crippen molar-refractivity contribution in [2.75, 3.05) is 38.2 Å². The van der Waals surface area contributed by atoms with Crippen LogP contribution in [-0.4, -0.2) is 44.1 Å². The Hall–Kier alpha value is -4.01. The molecule has 0 radical (unpaired) electrons. The van der Waals surface area contributed by atoms with Gasteiger partial charge < -0.3 is 14.5 Å². The highest BCUT2D eigenvalue weighted by Gasteiger charge is 2.47. The first kappa shape index (κ1) is 25.6. The minimum Gasteiger partial charge on any atom is -0.496 e. The van der Waals surface area contributed by atoms with Crippen molar-refractivity contribution in [3.05, 3.63) is 107 Å². The molecule has 2 atom stereocenters. The quantitative estimate of drug-likeness (QED) is 0.289. The summed E-state index contributed by atoms with van der Waals surface area (Å²) in [7, 11) is 1.63. The van der Waals surface area contributed by atoms with Crippen molar-refractivity contribution in [3.8, 4) is 11.8 Å². The van der Waals surface area contributed by atoms with Gasteiger partial charge in [-0.15, -0.1) is 0 Å². The molecule has 1 aliphatic heterocycles. The highest BCUT2D eigenvalue weighted by atomic mass is 35.5. The van der Waals surface area contributed by atoms with Crippen LogP contribution in [0.2, 0.25) is 5.02 Å². The van der Waals surface area contributed by atoms with E-state index in [1.165, 1.54) is 0 Å². The smallest absolute Gasteiger partial charge is 0.243 e. The van der Waals surface area contributed by atoms with E-state index in [9.17, 15) is 10.1 Å². The fourth-order valence-corrected chi connectivity index (χ4v) is 5.71. The number of nitriles is 1. The van der Waals surface area contributed by atoms with Crippen molar-refractivity contribution in [2.24, 2.45) is 5.41 Å². The molecule has 0 bridgehead atoms. The molecule has 5 rings (SSSR count). The summed E-state index contributed by atoms with van der Waals surface area (Å²) in [6.45, 7) is 4.21. The highest BCUT2D eigenvalue weighted by molar-refractivity contribution is 6.30. The maximum atomic E-state index is 14.3. The van der Waals surface area contributed by atoms with Gasteiger partial charge >= 0.3 is 0 Å². The molecule has 1 saturated heterocycles. The van der Waals surface area contributed by atoms with E-state index in [4.69, 9.17) is 16.3 Å². The fraction of sp³-hybridized carbons (Fsp3) is 0.250. The maximum Gasteiger partial charge on any atom is 0.243 e. The second kappa shape index (κ2) is 10.8. The number of methoxy groups -OCH3 is 1. The van der Waals surface area contributed by atoms with Crippen molar-refractivity contribution < 1.29 is 9.53 Å². The van der Waals surface area contributed by atoms with E-state index in [2.05, 4.69) is 29.2 Å². The number of hydrogen-bond donors (Lipinski definition) is 0. The number of anilines is 1. The number of piperazine rings is 1. The number of rotatable bonds is 6. The van der Waals surface area contributed by atoms with Gasteiger partial charge in [0, 0.05) is 48.4 Å². The summed E-state index contributed by atoms with van der Waals surface area (Å²) in [5.74, 6) is -0.0385. The van der Waals surface area contributed by atoms with Crippen LogP contribution in [0.25, 0.3) is 10.8 Å². The Kier molecular flexibility index (Phi) is 7.26. The Balaban J connectivity index is 1.54. The standard InChI is InChI=1S/C32H30ClN3O2/c1-32(22-34,31(37)36-20-18-35(19-21-36)25-16-14-24(33)15-17-25)30(28-11-5-6-13-29(28)38-2)27-12-7-9-23-8-3-4-10-26(23)27/h3-17,30H,18-21H2,1-2H3/t30-,32+/m0/s1. The summed E-state index contributed by atoms with van der Waals surface area (Å²) in [5, 5.41) is 13.5. The Morgan fingerprint density at radius 3 is 2.24 bits per heavy atom. The molecule has 0 N–H and O–H groups in total. The number of para-hydroxylation sites is 1. The minimum atomic E-state index is -1.36. The van der Waals surface area contributed by atoms with Crippen LogP contribution in [0.5, 0.6) is 5.75 Å². The summed E-state index contributed by atoms with van der Waals surface area (Å²) < 4.78 is 5.75. The van der Waals surface area contributed by atoms with E-state index in [0.29, 0.717) is 37.0 Å². The van der Waals surface area contributed by atoms with Gasteiger partial charge in [-0.3, -0.25) is 4.79 Å². The molecule has 5 nitrogen and oxygen atoms in total. The fourth-order valence-electron chi connectivity index (χ4n) is 5.58. The number of amides is 1. The summed E-state index contributed by atoms with van der Waals surface area (Å²) in [6, 6.07) is 32.1. The molecular formula is C32H30ClN3O2. The lowest BCUT2D eigenvalue weighted by Crippen LogP contribution is -2.53. The Morgan fingerprint density at radius 2 is 1.53 bits per heavy atom. The van der Waals surface area contributed by atoms with Crippen LogP contribution in [-0.2, 0) is 4.79 Å². The third kappa shape index (κ3) is 4.68. The molecule has 1 aliphatic rings. The SMILES string of the molecule is COc1ccccc1[C@H](c1cccc2ccccc12)[C@@](C)(C#N)C(=O)N1CCN(c2ccc(Cl)cc2)CC1. The Labute approximate surface area is 228 Å². The van der Waals surface area contributed by atoms with Gasteiger partial charge in [0.25, 0.3) is 0 Å². The van der Waals surface area contributed by atoms with Gasteiger partial charge in [0.05, 0.1) is 13.2 Å². The van der Waals surface area contributed by atoms with E-state index < -0.39 is 11.3 Å². The largest absolute Gasteiger partial charge is 0.496 e. The van der Waals surface area contributed by atoms with Crippen LogP contribution >= 0.6 is 11.6 Å². The van der Waals surface area contributed by atoms with Crippen molar-refractivity contribution in [2.45, 2.75) is 12.8 Å². The molecule has 6 heteroatoms. The van der Waals surface area contributed by atoms with Gasteiger partial charge in [-0.25, -0.2) is 0 Å². The van der Waals surface area contributed by atoms with Crippen LogP contribution < -0.4 is 9.64 Å². The van der Waals surface area contributed by atoms with Crippen molar-refractivity contribution in [1.82, 2.24) is 4.90 Å². The van der Waals surface area contributed by atoms with Gasteiger partial charge in [0.2, 0.25) is 5.91 Å². The first-order valence-electron chi connectivity index (χ1n) is 12.8. The van der Waals surface area contributed by atoms with Gasteiger partial charge in [-0.1, -0.05) is 72.3 Å². The number of fused-ring (bicyclic) bond motifs is 1. The molecule has 0 saturated carbocycles. The van der Waals surface area contributed by atoms with E-state index in [-0.39, 0.29) is 5.91 Å². The monoisotopic (exact) mass is 523 g/mol. The third-order valence-corrected chi connectivity index (χ3v) is 7.85. The zero-order valence-corrected chi connectivity index (χ0v) is 22.4. The minimum absolute atomic E-state index is 0.167. The molecular weight excluding hydrogens is 494 g/mol. The third-order valence-electron chi connectivity index (χ3n) is 7.60. The van der Waals surface area contributed by atoms with Crippen LogP contribution in [0.4, 0.5) is 5.69 Å². The molecule has 0 unspecified atom stereocenters. The molecule has 4 aromatic rings. The maximum absolute atomic E-state index is 14.3. The molecule has 1 fully saturated rings.